The molecule has 142 valence electrons. The molecular weight excluding hydrogens is 354 g/mol. The average Bonchev–Trinajstić information content (AvgIpc) is 2.84. The highest BCUT2D eigenvalue weighted by molar-refractivity contribution is 7.20. The van der Waals surface area contributed by atoms with Crippen molar-refractivity contribution in [3.8, 4) is 0 Å². The summed E-state index contributed by atoms with van der Waals surface area (Å²) in [4.78, 5) is 42.6. The number of hydrogen-bond acceptors (Lipinski definition) is 6. The van der Waals surface area contributed by atoms with E-state index in [0.29, 0.717) is 20.7 Å². The minimum absolute atomic E-state index is 0.144. The van der Waals surface area contributed by atoms with Crippen molar-refractivity contribution >= 4 is 33.4 Å². The lowest BCUT2D eigenvalue weighted by atomic mass is 10.0. The number of carbonyl (C=O) groups is 2. The van der Waals surface area contributed by atoms with Gasteiger partial charge in [0.1, 0.15) is 16.5 Å². The molecule has 2 heterocycles. The van der Waals surface area contributed by atoms with Crippen molar-refractivity contribution in [3.05, 3.63) is 27.1 Å². The lowest BCUT2D eigenvalue weighted by molar-refractivity contribution is -0.158. The van der Waals surface area contributed by atoms with Crippen LogP contribution in [0.3, 0.4) is 0 Å². The first-order valence-corrected chi connectivity index (χ1v) is 9.22. The maximum absolute atomic E-state index is 12.8. The first-order valence-electron chi connectivity index (χ1n) is 8.41. The van der Waals surface area contributed by atoms with Crippen LogP contribution in [-0.2, 0) is 16.6 Å². The van der Waals surface area contributed by atoms with Gasteiger partial charge in [0, 0.05) is 7.05 Å². The van der Waals surface area contributed by atoms with Crippen LogP contribution in [0.5, 0.6) is 0 Å². The van der Waals surface area contributed by atoms with Gasteiger partial charge in [0.2, 0.25) is 0 Å². The van der Waals surface area contributed by atoms with Crippen molar-refractivity contribution in [3.63, 3.8) is 0 Å². The molecule has 0 saturated carbocycles. The average molecular weight is 379 g/mol. The Hall–Kier alpha value is -2.22. The summed E-state index contributed by atoms with van der Waals surface area (Å²) >= 11 is 1.14. The lowest BCUT2D eigenvalue weighted by Gasteiger charge is -2.26. The van der Waals surface area contributed by atoms with Gasteiger partial charge in [-0.05, 0) is 39.2 Å². The summed E-state index contributed by atoms with van der Waals surface area (Å²) in [6, 6.07) is -0.776. The van der Waals surface area contributed by atoms with Crippen LogP contribution in [0.2, 0.25) is 0 Å². The summed E-state index contributed by atoms with van der Waals surface area (Å²) < 4.78 is 6.78. The van der Waals surface area contributed by atoms with Crippen LogP contribution in [0.15, 0.2) is 11.1 Å². The van der Waals surface area contributed by atoms with Crippen LogP contribution < -0.4 is 10.9 Å². The number of carbonyl (C=O) groups excluding carboxylic acids is 2. The Morgan fingerprint density at radius 3 is 2.46 bits per heavy atom. The lowest BCUT2D eigenvalue weighted by Crippen LogP contribution is -2.47. The number of ether oxygens (including phenoxy) is 1. The Kier molecular flexibility index (Phi) is 5.55. The maximum Gasteiger partial charge on any atom is 0.329 e. The van der Waals surface area contributed by atoms with Gasteiger partial charge in [0.25, 0.3) is 11.5 Å². The zero-order valence-electron chi connectivity index (χ0n) is 16.2. The van der Waals surface area contributed by atoms with E-state index >= 15 is 0 Å². The van der Waals surface area contributed by atoms with E-state index in [4.69, 9.17) is 4.74 Å². The third-order valence-corrected chi connectivity index (χ3v) is 5.03. The summed E-state index contributed by atoms with van der Waals surface area (Å²) in [5.74, 6) is -1.03. The normalized spacial score (nSPS) is 13.1. The Morgan fingerprint density at radius 2 is 1.92 bits per heavy atom. The molecule has 1 atom stereocenters. The van der Waals surface area contributed by atoms with Gasteiger partial charge in [-0.25, -0.2) is 9.78 Å². The number of nitrogens with one attached hydrogen (secondary N) is 1. The van der Waals surface area contributed by atoms with Gasteiger partial charge in [0.05, 0.1) is 16.6 Å². The van der Waals surface area contributed by atoms with E-state index in [1.807, 2.05) is 13.8 Å². The molecule has 0 radical (unpaired) electrons. The van der Waals surface area contributed by atoms with Gasteiger partial charge in [-0.15, -0.1) is 11.3 Å². The van der Waals surface area contributed by atoms with E-state index in [-0.39, 0.29) is 11.5 Å². The molecule has 0 spiro atoms. The second-order valence-corrected chi connectivity index (χ2v) is 8.62. The SMILES string of the molecule is Cc1c(C(=O)N[C@H](C(=O)OC(C)(C)C)C(C)C)sc2ncn(C)c(=O)c12. The zero-order chi connectivity index (χ0) is 19.8. The van der Waals surface area contributed by atoms with E-state index in [1.54, 1.807) is 34.7 Å². The largest absolute Gasteiger partial charge is 0.458 e. The van der Waals surface area contributed by atoms with E-state index in [2.05, 4.69) is 10.3 Å². The molecule has 0 aromatic carbocycles. The second kappa shape index (κ2) is 7.19. The van der Waals surface area contributed by atoms with Gasteiger partial charge in [-0.3, -0.25) is 9.59 Å². The molecule has 1 amide bonds. The van der Waals surface area contributed by atoms with Crippen molar-refractivity contribution in [1.82, 2.24) is 14.9 Å². The Morgan fingerprint density at radius 1 is 1.31 bits per heavy atom. The van der Waals surface area contributed by atoms with Crippen molar-refractivity contribution in [2.75, 3.05) is 0 Å². The summed E-state index contributed by atoms with van der Waals surface area (Å²) in [5.41, 5.74) is -0.267. The quantitative estimate of drug-likeness (QED) is 0.824. The van der Waals surface area contributed by atoms with E-state index in [9.17, 15) is 14.4 Å². The number of rotatable bonds is 4. The standard InChI is InChI=1S/C18H25N3O4S/c1-9(2)12(17(24)25-18(4,5)6)20-14(22)13-10(3)11-15(26-13)19-8-21(7)16(11)23/h8-9,12H,1-7H3,(H,20,22)/t12-/m0/s1. The Labute approximate surface area is 156 Å². The third kappa shape index (κ3) is 4.12. The number of amides is 1. The molecule has 2 aromatic heterocycles. The number of hydrogen-bond donors (Lipinski definition) is 1. The number of esters is 1. The summed E-state index contributed by atoms with van der Waals surface area (Å²) in [5, 5.41) is 3.19. The van der Waals surface area contributed by atoms with Crippen LogP contribution in [0.1, 0.15) is 49.9 Å². The minimum Gasteiger partial charge on any atom is -0.458 e. The van der Waals surface area contributed by atoms with Gasteiger partial charge in [0.15, 0.2) is 0 Å². The van der Waals surface area contributed by atoms with Crippen LogP contribution >= 0.6 is 11.3 Å². The fourth-order valence-corrected chi connectivity index (χ4v) is 3.54. The van der Waals surface area contributed by atoms with Crippen LogP contribution in [0.4, 0.5) is 0 Å². The van der Waals surface area contributed by atoms with Gasteiger partial charge in [-0.1, -0.05) is 13.8 Å². The van der Waals surface area contributed by atoms with E-state index < -0.39 is 23.5 Å². The second-order valence-electron chi connectivity index (χ2n) is 7.63. The number of aromatic nitrogens is 2. The van der Waals surface area contributed by atoms with Crippen LogP contribution in [0.25, 0.3) is 10.2 Å². The predicted octanol–water partition coefficient (Wildman–Crippen LogP) is 2.40. The predicted molar refractivity (Wildman–Crippen MR) is 102 cm³/mol. The molecule has 0 aliphatic heterocycles. The smallest absolute Gasteiger partial charge is 0.329 e. The molecule has 0 fully saturated rings. The monoisotopic (exact) mass is 379 g/mol. The maximum atomic E-state index is 12.8. The fourth-order valence-electron chi connectivity index (χ4n) is 2.50. The minimum atomic E-state index is -0.776. The topological polar surface area (TPSA) is 90.3 Å². The number of fused-ring (bicyclic) bond motifs is 1. The molecule has 26 heavy (non-hydrogen) atoms. The summed E-state index contributed by atoms with van der Waals surface area (Å²) in [6.07, 6.45) is 1.43. The molecule has 2 rings (SSSR count). The molecule has 2 aromatic rings. The molecule has 1 N–H and O–H groups in total. The highest BCUT2D eigenvalue weighted by atomic mass is 32.1. The summed E-state index contributed by atoms with van der Waals surface area (Å²) in [6.45, 7) is 10.7. The highest BCUT2D eigenvalue weighted by Crippen LogP contribution is 2.27. The number of aryl methyl sites for hydroxylation is 2. The van der Waals surface area contributed by atoms with Crippen molar-refractivity contribution in [2.45, 2.75) is 53.2 Å². The Balaban J connectivity index is 2.35. The molecule has 8 heteroatoms. The van der Waals surface area contributed by atoms with Crippen molar-refractivity contribution in [2.24, 2.45) is 13.0 Å². The van der Waals surface area contributed by atoms with E-state index in [1.165, 1.54) is 10.9 Å². The molecule has 0 aliphatic rings. The fraction of sp³-hybridized carbons (Fsp3) is 0.556. The van der Waals surface area contributed by atoms with Crippen molar-refractivity contribution in [1.29, 1.82) is 0 Å². The third-order valence-electron chi connectivity index (χ3n) is 3.83. The molecule has 0 bridgehead atoms. The van der Waals surface area contributed by atoms with Gasteiger partial charge >= 0.3 is 5.97 Å². The molecule has 7 nitrogen and oxygen atoms in total. The highest BCUT2D eigenvalue weighted by Gasteiger charge is 2.30. The van der Waals surface area contributed by atoms with Crippen LogP contribution in [0, 0.1) is 12.8 Å². The summed E-state index contributed by atoms with van der Waals surface area (Å²) in [7, 11) is 1.61. The van der Waals surface area contributed by atoms with E-state index in [0.717, 1.165) is 11.3 Å². The Bertz CT molecular complexity index is 906. The first kappa shape index (κ1) is 20.1. The molecule has 0 unspecified atom stereocenters. The molecule has 0 saturated heterocycles. The number of nitrogens with zero attached hydrogens (tertiary/aromatic N) is 2. The van der Waals surface area contributed by atoms with Crippen molar-refractivity contribution < 1.29 is 14.3 Å². The van der Waals surface area contributed by atoms with Crippen LogP contribution in [-0.4, -0.2) is 33.1 Å². The zero-order valence-corrected chi connectivity index (χ0v) is 17.0. The number of thiophene rings is 1. The molecule has 0 aliphatic carbocycles. The first-order chi connectivity index (χ1) is 11.9. The van der Waals surface area contributed by atoms with Gasteiger partial charge < -0.3 is 14.6 Å². The molecular formula is C18H25N3O4S. The van der Waals surface area contributed by atoms with Gasteiger partial charge in [-0.2, -0.15) is 0 Å².